The topological polar surface area (TPSA) is 21.3 Å². The third kappa shape index (κ3) is 6.06. The minimum absolute atomic E-state index is 0.157. The van der Waals surface area contributed by atoms with Crippen molar-refractivity contribution >= 4 is 0 Å². The summed E-state index contributed by atoms with van der Waals surface area (Å²) in [6.45, 7) is 6.54. The van der Waals surface area contributed by atoms with E-state index in [4.69, 9.17) is 4.74 Å². The van der Waals surface area contributed by atoms with Crippen LogP contribution in [0.1, 0.15) is 38.7 Å². The fraction of sp³-hybridized carbons (Fsp3) is 0.625. The van der Waals surface area contributed by atoms with Crippen LogP contribution in [0.15, 0.2) is 18.2 Å². The van der Waals surface area contributed by atoms with Crippen molar-refractivity contribution in [3.8, 4) is 5.75 Å². The van der Waals surface area contributed by atoms with Gasteiger partial charge in [0.25, 0.3) is 0 Å². The van der Waals surface area contributed by atoms with E-state index in [2.05, 4.69) is 19.2 Å². The molecule has 2 nitrogen and oxygen atoms in total. The fourth-order valence-corrected chi connectivity index (χ4v) is 2.05. The summed E-state index contributed by atoms with van der Waals surface area (Å²) in [6, 6.07) is 5.12. The first-order chi connectivity index (χ1) is 9.17. The molecule has 0 amide bonds. The van der Waals surface area contributed by atoms with E-state index in [1.165, 1.54) is 12.5 Å². The van der Waals surface area contributed by atoms with Crippen molar-refractivity contribution in [3.63, 3.8) is 0 Å². The van der Waals surface area contributed by atoms with Gasteiger partial charge >= 0.3 is 0 Å². The van der Waals surface area contributed by atoms with E-state index in [0.29, 0.717) is 11.7 Å². The lowest BCUT2D eigenvalue weighted by atomic mass is 9.98. The minimum atomic E-state index is -0.157. The molecule has 0 aliphatic rings. The number of nitrogens with one attached hydrogen (secondary N) is 1. The van der Waals surface area contributed by atoms with Gasteiger partial charge in [0.05, 0.1) is 7.11 Å². The number of hydrogen-bond acceptors (Lipinski definition) is 2. The molecule has 0 fully saturated rings. The van der Waals surface area contributed by atoms with Gasteiger partial charge in [0.15, 0.2) is 0 Å². The van der Waals surface area contributed by atoms with Crippen molar-refractivity contribution in [1.82, 2.24) is 5.32 Å². The van der Waals surface area contributed by atoms with Crippen molar-refractivity contribution in [2.45, 2.75) is 39.5 Å². The highest BCUT2D eigenvalue weighted by atomic mass is 19.1. The Morgan fingerprint density at radius 2 is 2.05 bits per heavy atom. The number of halogens is 1. The second-order valence-corrected chi connectivity index (χ2v) is 5.14. The molecule has 1 rings (SSSR count). The molecule has 0 heterocycles. The number of methoxy groups -OCH3 is 1. The maximum Gasteiger partial charge on any atom is 0.130 e. The molecule has 1 aromatic rings. The second kappa shape index (κ2) is 8.92. The summed E-state index contributed by atoms with van der Waals surface area (Å²) in [6.07, 6.45) is 4.14. The predicted octanol–water partition coefficient (Wildman–Crippen LogP) is 3.79. The molecular formula is C16H26FNO. The van der Waals surface area contributed by atoms with Gasteiger partial charge in [-0.25, -0.2) is 4.39 Å². The van der Waals surface area contributed by atoms with Gasteiger partial charge in [0.1, 0.15) is 11.6 Å². The first-order valence-corrected chi connectivity index (χ1v) is 7.20. The molecule has 0 aromatic heterocycles. The Balaban J connectivity index is 2.31. The van der Waals surface area contributed by atoms with Crippen LogP contribution in [0.4, 0.5) is 4.39 Å². The number of rotatable bonds is 9. The predicted molar refractivity (Wildman–Crippen MR) is 78.2 cm³/mol. The summed E-state index contributed by atoms with van der Waals surface area (Å²) < 4.78 is 18.8. The molecule has 108 valence electrons. The first-order valence-electron chi connectivity index (χ1n) is 7.20. The van der Waals surface area contributed by atoms with Crippen LogP contribution < -0.4 is 10.1 Å². The largest absolute Gasteiger partial charge is 0.497 e. The molecule has 0 aliphatic heterocycles. The summed E-state index contributed by atoms with van der Waals surface area (Å²) in [5.41, 5.74) is 0.786. The van der Waals surface area contributed by atoms with Gasteiger partial charge in [-0.15, -0.1) is 0 Å². The lowest BCUT2D eigenvalue weighted by Crippen LogP contribution is -2.18. The number of benzene rings is 1. The minimum Gasteiger partial charge on any atom is -0.497 e. The molecular weight excluding hydrogens is 241 g/mol. The van der Waals surface area contributed by atoms with E-state index < -0.39 is 0 Å². The number of aryl methyl sites for hydroxylation is 1. The molecule has 0 aliphatic carbocycles. The van der Waals surface area contributed by atoms with Crippen molar-refractivity contribution < 1.29 is 9.13 Å². The Morgan fingerprint density at radius 3 is 2.68 bits per heavy atom. The highest BCUT2D eigenvalue weighted by molar-refractivity contribution is 5.28. The Hall–Kier alpha value is -1.09. The molecule has 1 aromatic carbocycles. The maximum atomic E-state index is 13.7. The molecule has 0 spiro atoms. The molecule has 0 saturated heterocycles. The van der Waals surface area contributed by atoms with E-state index in [-0.39, 0.29) is 5.82 Å². The van der Waals surface area contributed by atoms with Gasteiger partial charge in [0, 0.05) is 6.07 Å². The Kier molecular flexibility index (Phi) is 7.49. The molecule has 19 heavy (non-hydrogen) atoms. The zero-order valence-electron chi connectivity index (χ0n) is 12.3. The third-order valence-corrected chi connectivity index (χ3v) is 3.41. The smallest absolute Gasteiger partial charge is 0.130 e. The maximum absolute atomic E-state index is 13.7. The lowest BCUT2D eigenvalue weighted by molar-refractivity contribution is 0.410. The van der Waals surface area contributed by atoms with Crippen LogP contribution in [-0.4, -0.2) is 20.2 Å². The molecule has 1 N–H and O–H groups in total. The summed E-state index contributed by atoms with van der Waals surface area (Å²) >= 11 is 0. The Bertz CT molecular complexity index is 368. The van der Waals surface area contributed by atoms with Gasteiger partial charge in [-0.2, -0.15) is 0 Å². The van der Waals surface area contributed by atoms with Crippen LogP contribution in [0.25, 0.3) is 0 Å². The van der Waals surface area contributed by atoms with Gasteiger partial charge in [-0.3, -0.25) is 0 Å². The molecule has 1 unspecified atom stereocenters. The van der Waals surface area contributed by atoms with Gasteiger partial charge in [-0.05, 0) is 56.3 Å². The van der Waals surface area contributed by atoms with Crippen LogP contribution in [-0.2, 0) is 6.42 Å². The average molecular weight is 267 g/mol. The highest BCUT2D eigenvalue weighted by Gasteiger charge is 2.07. The van der Waals surface area contributed by atoms with E-state index in [1.807, 2.05) is 12.1 Å². The van der Waals surface area contributed by atoms with Gasteiger partial charge in [0.2, 0.25) is 0 Å². The molecule has 1 atom stereocenters. The molecule has 0 saturated carbocycles. The summed E-state index contributed by atoms with van der Waals surface area (Å²) in [5.74, 6) is 1.04. The highest BCUT2D eigenvalue weighted by Crippen LogP contribution is 2.19. The molecule has 3 heteroatoms. The second-order valence-electron chi connectivity index (χ2n) is 5.14. The van der Waals surface area contributed by atoms with Crippen molar-refractivity contribution in [2.75, 3.05) is 20.2 Å². The van der Waals surface area contributed by atoms with E-state index in [0.717, 1.165) is 37.9 Å². The average Bonchev–Trinajstić information content (AvgIpc) is 2.42. The van der Waals surface area contributed by atoms with E-state index in [1.54, 1.807) is 7.11 Å². The summed E-state index contributed by atoms with van der Waals surface area (Å²) in [7, 11) is 1.56. The SMILES string of the molecule is CCCNCCC(C)CCc1ccc(OC)cc1F. The zero-order valence-corrected chi connectivity index (χ0v) is 12.3. The number of ether oxygens (including phenoxy) is 1. The normalized spacial score (nSPS) is 12.4. The third-order valence-electron chi connectivity index (χ3n) is 3.41. The fourth-order valence-electron chi connectivity index (χ4n) is 2.05. The Labute approximate surface area is 116 Å². The monoisotopic (exact) mass is 267 g/mol. The first kappa shape index (κ1) is 16.0. The Morgan fingerprint density at radius 1 is 1.26 bits per heavy atom. The van der Waals surface area contributed by atoms with Crippen LogP contribution in [0, 0.1) is 11.7 Å². The van der Waals surface area contributed by atoms with Gasteiger partial charge < -0.3 is 10.1 Å². The van der Waals surface area contributed by atoms with Crippen molar-refractivity contribution in [2.24, 2.45) is 5.92 Å². The van der Waals surface area contributed by atoms with Crippen LogP contribution in [0.3, 0.4) is 0 Å². The van der Waals surface area contributed by atoms with Crippen molar-refractivity contribution in [1.29, 1.82) is 0 Å². The standard InChI is InChI=1S/C16H26FNO/c1-4-10-18-11-9-13(2)5-6-14-7-8-15(19-3)12-16(14)17/h7-8,12-13,18H,4-6,9-11H2,1-3H3. The van der Waals surface area contributed by atoms with Crippen molar-refractivity contribution in [3.05, 3.63) is 29.6 Å². The number of hydrogen-bond donors (Lipinski definition) is 1. The van der Waals surface area contributed by atoms with Crippen LogP contribution in [0.2, 0.25) is 0 Å². The van der Waals surface area contributed by atoms with Crippen LogP contribution >= 0.6 is 0 Å². The van der Waals surface area contributed by atoms with E-state index in [9.17, 15) is 4.39 Å². The lowest BCUT2D eigenvalue weighted by Gasteiger charge is -2.12. The summed E-state index contributed by atoms with van der Waals surface area (Å²) in [4.78, 5) is 0. The van der Waals surface area contributed by atoms with Crippen LogP contribution in [0.5, 0.6) is 5.75 Å². The molecule has 0 bridgehead atoms. The quantitative estimate of drug-likeness (QED) is 0.687. The van der Waals surface area contributed by atoms with E-state index >= 15 is 0 Å². The zero-order chi connectivity index (χ0) is 14.1. The van der Waals surface area contributed by atoms with Gasteiger partial charge in [-0.1, -0.05) is 19.9 Å². The summed E-state index contributed by atoms with van der Waals surface area (Å²) in [5, 5.41) is 3.40. The molecule has 0 radical (unpaired) electrons.